The van der Waals surface area contributed by atoms with Crippen LogP contribution in [0.3, 0.4) is 0 Å². The summed E-state index contributed by atoms with van der Waals surface area (Å²) in [7, 11) is 3.00. The van der Waals surface area contributed by atoms with Gasteiger partial charge in [0, 0.05) is 25.3 Å². The molecular weight excluding hydrogens is 308 g/mol. The lowest BCUT2D eigenvalue weighted by atomic mass is 10.0. The van der Waals surface area contributed by atoms with Gasteiger partial charge in [-0.05, 0) is 37.0 Å². The van der Waals surface area contributed by atoms with Crippen molar-refractivity contribution in [2.75, 3.05) is 27.4 Å². The zero-order valence-electron chi connectivity index (χ0n) is 14.0. The minimum absolute atomic E-state index is 0.322. The Morgan fingerprint density at radius 3 is 2.79 bits per heavy atom. The van der Waals surface area contributed by atoms with Gasteiger partial charge < -0.3 is 14.2 Å². The summed E-state index contributed by atoms with van der Waals surface area (Å²) in [5.41, 5.74) is 2.17. The molecule has 2 aromatic rings. The van der Waals surface area contributed by atoms with Crippen LogP contribution in [0.4, 0.5) is 0 Å². The number of hydrogen-bond donors (Lipinski definition) is 0. The number of ether oxygens (including phenoxy) is 3. The van der Waals surface area contributed by atoms with Crippen molar-refractivity contribution < 1.29 is 19.0 Å². The number of carbonyl (C=O) groups excluding carboxylic acids is 1. The molecular formula is C18H22N2O4. The molecule has 0 amide bonds. The SMILES string of the molecule is COC(=O)c1cc(-c2cccc(OC)c2)n(CC2CCOCC2)n1. The Morgan fingerprint density at radius 2 is 2.08 bits per heavy atom. The van der Waals surface area contributed by atoms with Crippen LogP contribution in [0, 0.1) is 5.92 Å². The van der Waals surface area contributed by atoms with Gasteiger partial charge in [0.15, 0.2) is 5.69 Å². The van der Waals surface area contributed by atoms with E-state index in [4.69, 9.17) is 14.2 Å². The van der Waals surface area contributed by atoms with Crippen LogP contribution in [0.25, 0.3) is 11.3 Å². The molecule has 0 atom stereocenters. The highest BCUT2D eigenvalue weighted by molar-refractivity contribution is 5.88. The molecule has 0 aliphatic carbocycles. The van der Waals surface area contributed by atoms with E-state index >= 15 is 0 Å². The van der Waals surface area contributed by atoms with Crippen molar-refractivity contribution in [1.82, 2.24) is 9.78 Å². The predicted octanol–water partition coefficient (Wildman–Crippen LogP) is 2.77. The molecule has 0 radical (unpaired) electrons. The van der Waals surface area contributed by atoms with Crippen LogP contribution in [0.2, 0.25) is 0 Å². The fraction of sp³-hybridized carbons (Fsp3) is 0.444. The van der Waals surface area contributed by atoms with Crippen LogP contribution in [0.1, 0.15) is 23.3 Å². The highest BCUT2D eigenvalue weighted by atomic mass is 16.5. The highest BCUT2D eigenvalue weighted by Crippen LogP contribution is 2.27. The maximum Gasteiger partial charge on any atom is 0.358 e. The normalized spacial score (nSPS) is 15.2. The quantitative estimate of drug-likeness (QED) is 0.789. The monoisotopic (exact) mass is 330 g/mol. The molecule has 0 saturated carbocycles. The molecule has 1 fully saturated rings. The van der Waals surface area contributed by atoms with Gasteiger partial charge in [0.05, 0.1) is 19.9 Å². The molecule has 6 heteroatoms. The van der Waals surface area contributed by atoms with Crippen molar-refractivity contribution >= 4 is 5.97 Å². The van der Waals surface area contributed by atoms with Crippen molar-refractivity contribution in [3.05, 3.63) is 36.0 Å². The lowest BCUT2D eigenvalue weighted by Crippen LogP contribution is -2.21. The van der Waals surface area contributed by atoms with Crippen LogP contribution < -0.4 is 4.74 Å². The molecule has 24 heavy (non-hydrogen) atoms. The van der Waals surface area contributed by atoms with Crippen LogP contribution in [0.15, 0.2) is 30.3 Å². The van der Waals surface area contributed by atoms with E-state index in [9.17, 15) is 4.79 Å². The van der Waals surface area contributed by atoms with Gasteiger partial charge in [-0.2, -0.15) is 5.10 Å². The standard InChI is InChI=1S/C18H22N2O4/c1-22-15-5-3-4-14(10-15)17-11-16(18(21)23-2)19-20(17)12-13-6-8-24-9-7-13/h3-5,10-11,13H,6-9,12H2,1-2H3. The Bertz CT molecular complexity index is 705. The van der Waals surface area contributed by atoms with Crippen molar-refractivity contribution in [2.45, 2.75) is 19.4 Å². The summed E-state index contributed by atoms with van der Waals surface area (Å²) in [6, 6.07) is 9.53. The zero-order valence-corrected chi connectivity index (χ0v) is 14.0. The molecule has 0 N–H and O–H groups in total. The number of rotatable bonds is 5. The summed E-state index contributed by atoms with van der Waals surface area (Å²) in [5, 5.41) is 4.47. The third-order valence-corrected chi connectivity index (χ3v) is 4.31. The second kappa shape index (κ2) is 7.49. The van der Waals surface area contributed by atoms with E-state index in [1.165, 1.54) is 7.11 Å². The van der Waals surface area contributed by atoms with Gasteiger partial charge >= 0.3 is 5.97 Å². The van der Waals surface area contributed by atoms with Crippen molar-refractivity contribution in [1.29, 1.82) is 0 Å². The van der Waals surface area contributed by atoms with Crippen molar-refractivity contribution in [2.24, 2.45) is 5.92 Å². The Morgan fingerprint density at radius 1 is 1.29 bits per heavy atom. The maximum atomic E-state index is 11.9. The van der Waals surface area contributed by atoms with Gasteiger partial charge in [-0.25, -0.2) is 4.79 Å². The molecule has 0 spiro atoms. The molecule has 0 bridgehead atoms. The summed E-state index contributed by atoms with van der Waals surface area (Å²) in [4.78, 5) is 11.9. The van der Waals surface area contributed by atoms with Gasteiger partial charge in [0.2, 0.25) is 0 Å². The minimum atomic E-state index is -0.426. The summed E-state index contributed by atoms with van der Waals surface area (Å²) < 4.78 is 17.4. The topological polar surface area (TPSA) is 62.6 Å². The van der Waals surface area contributed by atoms with Crippen LogP contribution in [0.5, 0.6) is 5.75 Å². The molecule has 1 aliphatic rings. The second-order valence-corrected chi connectivity index (χ2v) is 5.88. The largest absolute Gasteiger partial charge is 0.497 e. The number of hydrogen-bond acceptors (Lipinski definition) is 5. The van der Waals surface area contributed by atoms with Crippen molar-refractivity contribution in [3.63, 3.8) is 0 Å². The Hall–Kier alpha value is -2.34. The fourth-order valence-electron chi connectivity index (χ4n) is 2.95. The number of nitrogens with zero attached hydrogens (tertiary/aromatic N) is 2. The summed E-state index contributed by atoms with van der Waals surface area (Å²) in [5.74, 6) is 0.837. The zero-order chi connectivity index (χ0) is 16.9. The predicted molar refractivity (Wildman–Crippen MR) is 89.1 cm³/mol. The summed E-state index contributed by atoms with van der Waals surface area (Å²) >= 11 is 0. The van der Waals surface area contributed by atoms with Gasteiger partial charge in [-0.3, -0.25) is 4.68 Å². The minimum Gasteiger partial charge on any atom is -0.497 e. The van der Waals surface area contributed by atoms with E-state index in [-0.39, 0.29) is 0 Å². The van der Waals surface area contributed by atoms with E-state index in [1.807, 2.05) is 28.9 Å². The lowest BCUT2D eigenvalue weighted by Gasteiger charge is -2.22. The average molecular weight is 330 g/mol. The summed E-state index contributed by atoms with van der Waals surface area (Å²) in [6.07, 6.45) is 2.01. The van der Waals surface area contributed by atoms with E-state index in [0.29, 0.717) is 11.6 Å². The lowest BCUT2D eigenvalue weighted by molar-refractivity contribution is 0.0576. The molecule has 6 nitrogen and oxygen atoms in total. The van der Waals surface area contributed by atoms with Gasteiger partial charge in [-0.15, -0.1) is 0 Å². The fourth-order valence-corrected chi connectivity index (χ4v) is 2.95. The second-order valence-electron chi connectivity index (χ2n) is 5.88. The van der Waals surface area contributed by atoms with Gasteiger partial charge in [-0.1, -0.05) is 12.1 Å². The number of esters is 1. The number of carbonyl (C=O) groups is 1. The molecule has 1 saturated heterocycles. The molecule has 3 rings (SSSR count). The van der Waals surface area contributed by atoms with Crippen LogP contribution in [-0.2, 0) is 16.0 Å². The maximum absolute atomic E-state index is 11.9. The molecule has 1 aliphatic heterocycles. The Balaban J connectivity index is 1.95. The molecule has 128 valence electrons. The first-order valence-corrected chi connectivity index (χ1v) is 8.09. The van der Waals surface area contributed by atoms with Crippen LogP contribution in [-0.4, -0.2) is 43.2 Å². The van der Waals surface area contributed by atoms with E-state index < -0.39 is 5.97 Å². The third-order valence-electron chi connectivity index (χ3n) is 4.31. The smallest absolute Gasteiger partial charge is 0.358 e. The van der Waals surface area contributed by atoms with Gasteiger partial charge in [0.25, 0.3) is 0 Å². The van der Waals surface area contributed by atoms with E-state index in [2.05, 4.69) is 5.10 Å². The molecule has 0 unspecified atom stereocenters. The van der Waals surface area contributed by atoms with Crippen LogP contribution >= 0.6 is 0 Å². The van der Waals surface area contributed by atoms with Gasteiger partial charge in [0.1, 0.15) is 5.75 Å². The average Bonchev–Trinajstić information content (AvgIpc) is 3.05. The van der Waals surface area contributed by atoms with E-state index in [0.717, 1.165) is 49.6 Å². The third kappa shape index (κ3) is 3.59. The number of aromatic nitrogens is 2. The first kappa shape index (κ1) is 16.5. The highest BCUT2D eigenvalue weighted by Gasteiger charge is 2.20. The number of benzene rings is 1. The molecule has 1 aromatic carbocycles. The van der Waals surface area contributed by atoms with Crippen molar-refractivity contribution in [3.8, 4) is 17.0 Å². The number of methoxy groups -OCH3 is 2. The first-order chi connectivity index (χ1) is 11.7. The van der Waals surface area contributed by atoms with E-state index in [1.54, 1.807) is 13.2 Å². The molecule has 2 heterocycles. The first-order valence-electron chi connectivity index (χ1n) is 8.09. The Labute approximate surface area is 141 Å². The summed E-state index contributed by atoms with van der Waals surface area (Å²) in [6.45, 7) is 2.32. The molecule has 1 aromatic heterocycles. The Kier molecular flexibility index (Phi) is 5.15.